The van der Waals surface area contributed by atoms with E-state index in [1.54, 1.807) is 19.1 Å². The molecule has 4 nitrogen and oxygen atoms in total. The van der Waals surface area contributed by atoms with Gasteiger partial charge in [0, 0.05) is 19.6 Å². The third kappa shape index (κ3) is 6.21. The van der Waals surface area contributed by atoms with Gasteiger partial charge in [0.05, 0.1) is 12.0 Å². The molecule has 0 aromatic heterocycles. The molecule has 0 spiro atoms. The van der Waals surface area contributed by atoms with E-state index < -0.39 is 0 Å². The molecule has 1 aliphatic rings. The number of carbonyl (C=O) groups excluding carboxylic acids is 1. The first-order chi connectivity index (χ1) is 11.4. The average Bonchev–Trinajstić information content (AvgIpc) is 2.52. The number of amides is 1. The number of nitrogens with one attached hydrogen (secondary N) is 1. The molecule has 1 aliphatic heterocycles. The second kappa shape index (κ2) is 9.14. The Morgan fingerprint density at radius 1 is 1.46 bits per heavy atom. The molecule has 1 amide bonds. The van der Waals surface area contributed by atoms with Crippen molar-refractivity contribution in [1.29, 1.82) is 0 Å². The molecule has 0 bridgehead atoms. The summed E-state index contributed by atoms with van der Waals surface area (Å²) in [5, 5.41) is 12.4. The molecule has 3 atom stereocenters. The number of aliphatic hydroxyl groups is 1. The van der Waals surface area contributed by atoms with Gasteiger partial charge in [0.15, 0.2) is 0 Å². The Balaban J connectivity index is 1.80. The molecule has 1 aromatic carbocycles. The van der Waals surface area contributed by atoms with Crippen molar-refractivity contribution >= 4 is 5.91 Å². The molecule has 24 heavy (non-hydrogen) atoms. The summed E-state index contributed by atoms with van der Waals surface area (Å²) in [6.07, 6.45) is 2.23. The smallest absolute Gasteiger partial charge is 0.224 e. The van der Waals surface area contributed by atoms with Crippen LogP contribution in [0.4, 0.5) is 4.39 Å². The number of benzene rings is 1. The maximum atomic E-state index is 13.3. The highest BCUT2D eigenvalue weighted by Crippen LogP contribution is 2.19. The van der Waals surface area contributed by atoms with Gasteiger partial charge in [0.1, 0.15) is 5.82 Å². The number of likely N-dealkylation sites (tertiary alicyclic amines) is 1. The van der Waals surface area contributed by atoms with Gasteiger partial charge in [-0.25, -0.2) is 4.39 Å². The summed E-state index contributed by atoms with van der Waals surface area (Å²) < 4.78 is 13.3. The van der Waals surface area contributed by atoms with Crippen LogP contribution in [0, 0.1) is 17.7 Å². The van der Waals surface area contributed by atoms with E-state index in [-0.39, 0.29) is 29.7 Å². The maximum absolute atomic E-state index is 13.3. The Hall–Kier alpha value is -1.46. The zero-order valence-corrected chi connectivity index (χ0v) is 14.7. The molecule has 134 valence electrons. The van der Waals surface area contributed by atoms with Gasteiger partial charge in [-0.3, -0.25) is 9.69 Å². The third-order valence-electron chi connectivity index (χ3n) is 4.54. The molecule has 2 N–H and O–H groups in total. The van der Waals surface area contributed by atoms with Crippen LogP contribution in [0.2, 0.25) is 0 Å². The first kappa shape index (κ1) is 18.9. The lowest BCUT2D eigenvalue weighted by Crippen LogP contribution is -2.43. The van der Waals surface area contributed by atoms with Crippen molar-refractivity contribution in [2.45, 2.75) is 45.8 Å². The zero-order valence-electron chi connectivity index (χ0n) is 14.7. The second-order valence-electron chi connectivity index (χ2n) is 7.14. The van der Waals surface area contributed by atoms with Crippen LogP contribution in [0.1, 0.15) is 38.7 Å². The number of aliphatic hydroxyl groups excluding tert-OH is 1. The number of halogens is 1. The Labute approximate surface area is 144 Å². The number of carbonyl (C=O) groups is 1. The quantitative estimate of drug-likeness (QED) is 0.805. The van der Waals surface area contributed by atoms with E-state index in [9.17, 15) is 14.3 Å². The number of piperidine rings is 1. The van der Waals surface area contributed by atoms with Gasteiger partial charge in [0.2, 0.25) is 5.91 Å². The van der Waals surface area contributed by atoms with Crippen LogP contribution >= 0.6 is 0 Å². The van der Waals surface area contributed by atoms with E-state index in [0.29, 0.717) is 26.1 Å². The summed E-state index contributed by atoms with van der Waals surface area (Å²) in [7, 11) is 0. The fourth-order valence-electron chi connectivity index (χ4n) is 3.39. The normalized spacial score (nSPS) is 21.2. The third-order valence-corrected chi connectivity index (χ3v) is 4.54. The van der Waals surface area contributed by atoms with Crippen molar-refractivity contribution in [2.24, 2.45) is 11.8 Å². The summed E-state index contributed by atoms with van der Waals surface area (Å²) in [5.74, 6) is 0.134. The Kier molecular flexibility index (Phi) is 7.18. The molecular weight excluding hydrogens is 307 g/mol. The molecule has 1 saturated heterocycles. The van der Waals surface area contributed by atoms with Crippen molar-refractivity contribution < 1.29 is 14.3 Å². The first-order valence-corrected chi connectivity index (χ1v) is 8.86. The molecule has 2 rings (SSSR count). The maximum Gasteiger partial charge on any atom is 0.224 e. The minimum absolute atomic E-state index is 0.00828. The van der Waals surface area contributed by atoms with Crippen LogP contribution in [0.25, 0.3) is 0 Å². The summed E-state index contributed by atoms with van der Waals surface area (Å²) in [6, 6.07) is 6.65. The van der Waals surface area contributed by atoms with Crippen LogP contribution in [0.5, 0.6) is 0 Å². The number of nitrogens with zero attached hydrogens (tertiary/aromatic N) is 1. The SMILES string of the molecule is CC(O)CC(C)CNC(=O)C1CCCN(Cc2cccc(F)c2)C1. The molecule has 1 heterocycles. The largest absolute Gasteiger partial charge is 0.393 e. The van der Waals surface area contributed by atoms with Crippen molar-refractivity contribution in [2.75, 3.05) is 19.6 Å². The van der Waals surface area contributed by atoms with Crippen LogP contribution in [-0.4, -0.2) is 41.7 Å². The highest BCUT2D eigenvalue weighted by atomic mass is 19.1. The van der Waals surface area contributed by atoms with Crippen LogP contribution in [-0.2, 0) is 11.3 Å². The van der Waals surface area contributed by atoms with E-state index >= 15 is 0 Å². The first-order valence-electron chi connectivity index (χ1n) is 8.86. The lowest BCUT2D eigenvalue weighted by atomic mass is 9.96. The highest BCUT2D eigenvalue weighted by molar-refractivity contribution is 5.78. The van der Waals surface area contributed by atoms with Crippen molar-refractivity contribution in [3.63, 3.8) is 0 Å². The molecule has 0 radical (unpaired) electrons. The highest BCUT2D eigenvalue weighted by Gasteiger charge is 2.26. The number of rotatable bonds is 7. The van der Waals surface area contributed by atoms with Gasteiger partial charge < -0.3 is 10.4 Å². The van der Waals surface area contributed by atoms with E-state index in [1.165, 1.54) is 6.07 Å². The average molecular weight is 336 g/mol. The fourth-order valence-corrected chi connectivity index (χ4v) is 3.39. The fraction of sp³-hybridized carbons (Fsp3) is 0.632. The van der Waals surface area contributed by atoms with E-state index in [4.69, 9.17) is 0 Å². The predicted octanol–water partition coefficient (Wildman–Crippen LogP) is 2.56. The van der Waals surface area contributed by atoms with E-state index in [0.717, 1.165) is 24.9 Å². The van der Waals surface area contributed by atoms with Crippen LogP contribution < -0.4 is 5.32 Å². The molecule has 5 heteroatoms. The zero-order chi connectivity index (χ0) is 17.5. The second-order valence-corrected chi connectivity index (χ2v) is 7.14. The van der Waals surface area contributed by atoms with Crippen molar-refractivity contribution in [1.82, 2.24) is 10.2 Å². The summed E-state index contributed by atoms with van der Waals surface area (Å²) in [4.78, 5) is 14.6. The molecule has 3 unspecified atom stereocenters. The lowest BCUT2D eigenvalue weighted by molar-refractivity contribution is -0.127. The number of hydrogen-bond donors (Lipinski definition) is 2. The standard InChI is InChI=1S/C19H29FN2O2/c1-14(9-15(2)23)11-21-19(24)17-6-4-8-22(13-17)12-16-5-3-7-18(20)10-16/h3,5,7,10,14-15,17,23H,4,6,8-9,11-13H2,1-2H3,(H,21,24). The Bertz CT molecular complexity index is 536. The van der Waals surface area contributed by atoms with Crippen molar-refractivity contribution in [3.05, 3.63) is 35.6 Å². The van der Waals surface area contributed by atoms with Gasteiger partial charge in [-0.1, -0.05) is 19.1 Å². The lowest BCUT2D eigenvalue weighted by Gasteiger charge is -2.32. The van der Waals surface area contributed by atoms with E-state index in [1.807, 2.05) is 13.0 Å². The van der Waals surface area contributed by atoms with Crippen LogP contribution in [0.15, 0.2) is 24.3 Å². The van der Waals surface area contributed by atoms with Crippen molar-refractivity contribution in [3.8, 4) is 0 Å². The van der Waals surface area contributed by atoms with Gasteiger partial charge in [-0.2, -0.15) is 0 Å². The minimum Gasteiger partial charge on any atom is -0.393 e. The molecule has 0 saturated carbocycles. The van der Waals surface area contributed by atoms with Gasteiger partial charge in [-0.05, 0) is 56.3 Å². The predicted molar refractivity (Wildman–Crippen MR) is 92.9 cm³/mol. The summed E-state index contributed by atoms with van der Waals surface area (Å²) in [6.45, 7) is 6.74. The molecule has 1 fully saturated rings. The molecule has 0 aliphatic carbocycles. The summed E-state index contributed by atoms with van der Waals surface area (Å²) >= 11 is 0. The molecule has 1 aromatic rings. The molecular formula is C19H29FN2O2. The van der Waals surface area contributed by atoms with E-state index in [2.05, 4.69) is 10.2 Å². The Morgan fingerprint density at radius 3 is 2.96 bits per heavy atom. The topological polar surface area (TPSA) is 52.6 Å². The van der Waals surface area contributed by atoms with Gasteiger partial charge >= 0.3 is 0 Å². The van der Waals surface area contributed by atoms with Gasteiger partial charge in [-0.15, -0.1) is 0 Å². The number of hydrogen-bond acceptors (Lipinski definition) is 3. The Morgan fingerprint density at radius 2 is 2.25 bits per heavy atom. The van der Waals surface area contributed by atoms with Crippen LogP contribution in [0.3, 0.4) is 0 Å². The monoisotopic (exact) mass is 336 g/mol. The van der Waals surface area contributed by atoms with Gasteiger partial charge in [0.25, 0.3) is 0 Å². The minimum atomic E-state index is -0.339. The summed E-state index contributed by atoms with van der Waals surface area (Å²) in [5.41, 5.74) is 0.946.